The van der Waals surface area contributed by atoms with Gasteiger partial charge in [-0.1, -0.05) is 6.07 Å². The molecule has 0 aliphatic carbocycles. The maximum atomic E-state index is 12.5. The van der Waals surface area contributed by atoms with Crippen LogP contribution in [0.25, 0.3) is 0 Å². The lowest BCUT2D eigenvalue weighted by molar-refractivity contribution is 0.549. The number of fused-ring (bicyclic) bond motifs is 1. The van der Waals surface area contributed by atoms with E-state index in [1.165, 1.54) is 0 Å². The molecule has 0 saturated carbocycles. The molecule has 1 aromatic carbocycles. The van der Waals surface area contributed by atoms with Crippen LogP contribution in [0.1, 0.15) is 12.5 Å². The third kappa shape index (κ3) is 2.05. The zero-order valence-corrected chi connectivity index (χ0v) is 11.1. The fraction of sp³-hybridized carbons (Fsp3) is 0.500. The third-order valence-corrected chi connectivity index (χ3v) is 5.51. The summed E-state index contributed by atoms with van der Waals surface area (Å²) in [5, 5.41) is 5.79. The minimum absolute atomic E-state index is 0.0809. The van der Waals surface area contributed by atoms with Crippen LogP contribution < -0.4 is 10.6 Å². The molecule has 0 radical (unpaired) electrons. The van der Waals surface area contributed by atoms with Gasteiger partial charge in [-0.25, -0.2) is 8.42 Å². The van der Waals surface area contributed by atoms with Gasteiger partial charge in [-0.3, -0.25) is 0 Å². The first-order valence-corrected chi connectivity index (χ1v) is 7.27. The van der Waals surface area contributed by atoms with Crippen molar-refractivity contribution in [1.29, 1.82) is 0 Å². The van der Waals surface area contributed by atoms with Gasteiger partial charge in [0.05, 0.1) is 15.8 Å². The predicted octanol–water partition coefficient (Wildman–Crippen LogP) is 1.17. The van der Waals surface area contributed by atoms with Gasteiger partial charge < -0.3 is 10.6 Å². The van der Waals surface area contributed by atoms with Crippen LogP contribution >= 0.6 is 0 Å². The first-order valence-electron chi connectivity index (χ1n) is 5.72. The van der Waals surface area contributed by atoms with Crippen LogP contribution in [0.5, 0.6) is 0 Å². The van der Waals surface area contributed by atoms with E-state index in [1.807, 2.05) is 26.0 Å². The Labute approximate surface area is 102 Å². The normalized spacial score (nSPS) is 26.1. The third-order valence-electron chi connectivity index (χ3n) is 3.19. The summed E-state index contributed by atoms with van der Waals surface area (Å²) in [5.74, 6) is 0. The molecule has 2 N–H and O–H groups in total. The van der Waals surface area contributed by atoms with Gasteiger partial charge in [-0.05, 0) is 38.6 Å². The topological polar surface area (TPSA) is 58.2 Å². The minimum atomic E-state index is -3.24. The highest BCUT2D eigenvalue weighted by molar-refractivity contribution is 7.92. The van der Waals surface area contributed by atoms with E-state index in [2.05, 4.69) is 10.6 Å². The van der Waals surface area contributed by atoms with E-state index in [9.17, 15) is 8.42 Å². The fourth-order valence-corrected chi connectivity index (χ4v) is 4.34. The summed E-state index contributed by atoms with van der Waals surface area (Å²) >= 11 is 0. The fourth-order valence-electron chi connectivity index (χ4n) is 2.24. The molecule has 2 unspecified atom stereocenters. The summed E-state index contributed by atoms with van der Waals surface area (Å²) in [6, 6.07) is 5.43. The first-order chi connectivity index (χ1) is 7.96. The van der Waals surface area contributed by atoms with Crippen LogP contribution in [0, 0.1) is 6.92 Å². The highest BCUT2D eigenvalue weighted by Crippen LogP contribution is 2.32. The SMILES string of the molecule is CNCC1C(C)Nc2ccc(C)cc2S1(=O)=O. The molecule has 0 fully saturated rings. The summed E-state index contributed by atoms with van der Waals surface area (Å²) in [4.78, 5) is 0.427. The summed E-state index contributed by atoms with van der Waals surface area (Å²) in [5.41, 5.74) is 1.68. The van der Waals surface area contributed by atoms with E-state index in [4.69, 9.17) is 0 Å². The Kier molecular flexibility index (Phi) is 3.14. The number of aryl methyl sites for hydroxylation is 1. The van der Waals surface area contributed by atoms with E-state index < -0.39 is 15.1 Å². The molecule has 4 nitrogen and oxygen atoms in total. The molecule has 0 bridgehead atoms. The van der Waals surface area contributed by atoms with Crippen molar-refractivity contribution < 1.29 is 8.42 Å². The first kappa shape index (κ1) is 12.4. The van der Waals surface area contributed by atoms with Gasteiger partial charge >= 0.3 is 0 Å². The number of hydrogen-bond donors (Lipinski definition) is 2. The number of anilines is 1. The molecule has 1 aliphatic heterocycles. The second-order valence-corrected chi connectivity index (χ2v) is 6.71. The summed E-state index contributed by atoms with van der Waals surface area (Å²) < 4.78 is 25.0. The molecule has 2 rings (SSSR count). The molecule has 0 aromatic heterocycles. The van der Waals surface area contributed by atoms with E-state index >= 15 is 0 Å². The van der Waals surface area contributed by atoms with Crippen molar-refractivity contribution in [3.8, 4) is 0 Å². The van der Waals surface area contributed by atoms with Crippen LogP contribution in [-0.2, 0) is 9.84 Å². The second-order valence-electron chi connectivity index (χ2n) is 4.57. The Balaban J connectivity index is 2.55. The molecule has 0 spiro atoms. The highest BCUT2D eigenvalue weighted by atomic mass is 32.2. The molecule has 1 aliphatic rings. The highest BCUT2D eigenvalue weighted by Gasteiger charge is 2.37. The molecule has 2 atom stereocenters. The Morgan fingerprint density at radius 3 is 2.76 bits per heavy atom. The number of nitrogens with one attached hydrogen (secondary N) is 2. The van der Waals surface area contributed by atoms with Crippen LogP contribution in [0.2, 0.25) is 0 Å². The molecule has 17 heavy (non-hydrogen) atoms. The lowest BCUT2D eigenvalue weighted by atomic mass is 10.1. The monoisotopic (exact) mass is 254 g/mol. The van der Waals surface area contributed by atoms with E-state index in [-0.39, 0.29) is 6.04 Å². The Bertz CT molecular complexity index is 525. The lowest BCUT2D eigenvalue weighted by Gasteiger charge is -2.32. The number of hydrogen-bond acceptors (Lipinski definition) is 4. The van der Waals surface area contributed by atoms with Gasteiger partial charge in [0, 0.05) is 12.6 Å². The quantitative estimate of drug-likeness (QED) is 0.832. The Hall–Kier alpha value is -1.07. The average Bonchev–Trinajstić information content (AvgIpc) is 2.26. The molecular weight excluding hydrogens is 236 g/mol. The standard InChI is InChI=1S/C12H18N2O2S/c1-8-4-5-10-11(6-8)17(15,16)12(7-13-3)9(2)14-10/h4-6,9,12-14H,7H2,1-3H3. The van der Waals surface area contributed by atoms with Crippen molar-refractivity contribution in [2.75, 3.05) is 18.9 Å². The smallest absolute Gasteiger partial charge is 0.186 e. The Morgan fingerprint density at radius 1 is 1.41 bits per heavy atom. The molecule has 94 valence electrons. The minimum Gasteiger partial charge on any atom is -0.380 e. The van der Waals surface area contributed by atoms with Crippen LogP contribution in [0.3, 0.4) is 0 Å². The number of rotatable bonds is 2. The van der Waals surface area contributed by atoms with Gasteiger partial charge in [0.1, 0.15) is 0 Å². The summed E-state index contributed by atoms with van der Waals surface area (Å²) in [6.45, 7) is 4.27. The molecule has 1 heterocycles. The Morgan fingerprint density at radius 2 is 2.12 bits per heavy atom. The predicted molar refractivity (Wildman–Crippen MR) is 69.2 cm³/mol. The van der Waals surface area contributed by atoms with Crippen LogP contribution in [-0.4, -0.2) is 33.3 Å². The van der Waals surface area contributed by atoms with Crippen molar-refractivity contribution in [2.24, 2.45) is 0 Å². The molecule has 1 aromatic rings. The van der Waals surface area contributed by atoms with Gasteiger partial charge in [0.15, 0.2) is 9.84 Å². The largest absolute Gasteiger partial charge is 0.380 e. The van der Waals surface area contributed by atoms with Gasteiger partial charge in [0.2, 0.25) is 0 Å². The van der Waals surface area contributed by atoms with Crippen molar-refractivity contribution in [3.05, 3.63) is 23.8 Å². The summed E-state index contributed by atoms with van der Waals surface area (Å²) in [7, 11) is -1.47. The van der Waals surface area contributed by atoms with Crippen molar-refractivity contribution in [1.82, 2.24) is 5.32 Å². The average molecular weight is 254 g/mol. The molecule has 0 saturated heterocycles. The number of benzene rings is 1. The van der Waals surface area contributed by atoms with E-state index in [1.54, 1.807) is 13.1 Å². The van der Waals surface area contributed by atoms with Crippen molar-refractivity contribution in [3.63, 3.8) is 0 Å². The number of sulfone groups is 1. The van der Waals surface area contributed by atoms with E-state index in [0.717, 1.165) is 11.3 Å². The van der Waals surface area contributed by atoms with Crippen LogP contribution in [0.15, 0.2) is 23.1 Å². The van der Waals surface area contributed by atoms with E-state index in [0.29, 0.717) is 11.4 Å². The molecule has 0 amide bonds. The van der Waals surface area contributed by atoms with Crippen molar-refractivity contribution in [2.45, 2.75) is 30.0 Å². The maximum absolute atomic E-state index is 12.5. The zero-order chi connectivity index (χ0) is 12.6. The maximum Gasteiger partial charge on any atom is 0.186 e. The molecule has 5 heteroatoms. The summed E-state index contributed by atoms with van der Waals surface area (Å²) in [6.07, 6.45) is 0. The lowest BCUT2D eigenvalue weighted by Crippen LogP contribution is -2.47. The van der Waals surface area contributed by atoms with Gasteiger partial charge in [-0.2, -0.15) is 0 Å². The van der Waals surface area contributed by atoms with Crippen molar-refractivity contribution >= 4 is 15.5 Å². The van der Waals surface area contributed by atoms with Gasteiger partial charge in [0.25, 0.3) is 0 Å². The second kappa shape index (κ2) is 4.31. The van der Waals surface area contributed by atoms with Crippen LogP contribution in [0.4, 0.5) is 5.69 Å². The zero-order valence-electron chi connectivity index (χ0n) is 10.3. The van der Waals surface area contributed by atoms with Gasteiger partial charge in [-0.15, -0.1) is 0 Å². The molecular formula is C12H18N2O2S.